The monoisotopic (exact) mass is 235 g/mol. The van der Waals surface area contributed by atoms with Gasteiger partial charge in [-0.15, -0.1) is 0 Å². The zero-order chi connectivity index (χ0) is 12.2. The summed E-state index contributed by atoms with van der Waals surface area (Å²) in [5.74, 6) is 3.95. The third kappa shape index (κ3) is 1.61. The molecule has 0 radical (unpaired) electrons. The first-order valence-corrected chi connectivity index (χ1v) is 7.77. The summed E-state index contributed by atoms with van der Waals surface area (Å²) in [5.41, 5.74) is 0.574. The van der Waals surface area contributed by atoms with Crippen LogP contribution in [0.4, 0.5) is 0 Å². The predicted octanol–water partition coefficient (Wildman–Crippen LogP) is 3.93. The molecule has 17 heavy (non-hydrogen) atoms. The van der Waals surface area contributed by atoms with E-state index in [9.17, 15) is 0 Å². The van der Waals surface area contributed by atoms with Crippen LogP contribution in [0, 0.1) is 23.7 Å². The van der Waals surface area contributed by atoms with E-state index in [1.807, 2.05) is 0 Å². The van der Waals surface area contributed by atoms with E-state index in [-0.39, 0.29) is 0 Å². The molecule has 0 aromatic heterocycles. The zero-order valence-corrected chi connectivity index (χ0v) is 12.1. The molecule has 3 aliphatic rings. The van der Waals surface area contributed by atoms with Crippen molar-refractivity contribution in [3.8, 4) is 0 Å². The minimum atomic E-state index is 0.574. The molecule has 0 amide bonds. The molecular formula is C16H29N. The molecule has 98 valence electrons. The Morgan fingerprint density at radius 3 is 2.41 bits per heavy atom. The first-order valence-electron chi connectivity index (χ1n) is 7.77. The fourth-order valence-corrected chi connectivity index (χ4v) is 5.76. The van der Waals surface area contributed by atoms with Gasteiger partial charge in [0.15, 0.2) is 0 Å². The first kappa shape index (κ1) is 12.0. The van der Waals surface area contributed by atoms with Gasteiger partial charge in [0.25, 0.3) is 0 Å². The lowest BCUT2D eigenvalue weighted by Crippen LogP contribution is -2.59. The van der Waals surface area contributed by atoms with Crippen molar-refractivity contribution in [2.24, 2.45) is 23.7 Å². The van der Waals surface area contributed by atoms with Gasteiger partial charge in [0.1, 0.15) is 0 Å². The van der Waals surface area contributed by atoms with Crippen LogP contribution in [-0.4, -0.2) is 23.5 Å². The molecule has 6 atom stereocenters. The second-order valence-corrected chi connectivity index (χ2v) is 7.50. The van der Waals surface area contributed by atoms with Gasteiger partial charge >= 0.3 is 0 Å². The molecule has 3 fully saturated rings. The Kier molecular flexibility index (Phi) is 2.81. The largest absolute Gasteiger partial charge is 0.297 e. The highest BCUT2D eigenvalue weighted by Gasteiger charge is 2.55. The van der Waals surface area contributed by atoms with Crippen molar-refractivity contribution in [2.75, 3.05) is 7.05 Å². The van der Waals surface area contributed by atoms with Gasteiger partial charge in [-0.05, 0) is 76.2 Å². The first-order chi connectivity index (χ1) is 8.04. The lowest BCUT2D eigenvalue weighted by atomic mass is 9.55. The van der Waals surface area contributed by atoms with E-state index < -0.39 is 0 Å². The number of rotatable bonds is 0. The fourth-order valence-electron chi connectivity index (χ4n) is 5.76. The predicted molar refractivity (Wildman–Crippen MR) is 73.0 cm³/mol. The highest BCUT2D eigenvalue weighted by molar-refractivity contribution is 5.09. The van der Waals surface area contributed by atoms with Crippen LogP contribution in [0.1, 0.15) is 59.3 Å². The molecule has 2 aliphatic carbocycles. The van der Waals surface area contributed by atoms with E-state index in [1.54, 1.807) is 0 Å². The van der Waals surface area contributed by atoms with Gasteiger partial charge in [-0.2, -0.15) is 0 Å². The molecule has 0 N–H and O–H groups in total. The number of hydrogen-bond donors (Lipinski definition) is 0. The molecular weight excluding hydrogens is 206 g/mol. The molecule has 1 heterocycles. The Balaban J connectivity index is 1.92. The molecule has 1 nitrogen and oxygen atoms in total. The van der Waals surface area contributed by atoms with Crippen molar-refractivity contribution < 1.29 is 0 Å². The molecule has 6 unspecified atom stereocenters. The summed E-state index contributed by atoms with van der Waals surface area (Å²) in [6.07, 6.45) is 8.93. The minimum absolute atomic E-state index is 0.574. The number of fused-ring (bicyclic) bond motifs is 3. The van der Waals surface area contributed by atoms with Crippen molar-refractivity contribution >= 4 is 0 Å². The van der Waals surface area contributed by atoms with Crippen molar-refractivity contribution in [1.29, 1.82) is 0 Å². The van der Waals surface area contributed by atoms with Gasteiger partial charge in [-0.25, -0.2) is 0 Å². The highest BCUT2D eigenvalue weighted by atomic mass is 15.2. The Labute approximate surface area is 107 Å². The van der Waals surface area contributed by atoms with Gasteiger partial charge in [-0.1, -0.05) is 13.8 Å². The van der Waals surface area contributed by atoms with Gasteiger partial charge < -0.3 is 0 Å². The molecule has 1 spiro atoms. The van der Waals surface area contributed by atoms with Gasteiger partial charge in [-0.3, -0.25) is 4.90 Å². The molecule has 3 rings (SSSR count). The van der Waals surface area contributed by atoms with Crippen LogP contribution in [0.25, 0.3) is 0 Å². The van der Waals surface area contributed by atoms with E-state index >= 15 is 0 Å². The second kappa shape index (κ2) is 3.98. The van der Waals surface area contributed by atoms with E-state index in [0.29, 0.717) is 5.54 Å². The van der Waals surface area contributed by atoms with Crippen LogP contribution in [0.15, 0.2) is 0 Å². The summed E-state index contributed by atoms with van der Waals surface area (Å²) < 4.78 is 0. The van der Waals surface area contributed by atoms with Gasteiger partial charge in [0, 0.05) is 11.6 Å². The van der Waals surface area contributed by atoms with Crippen molar-refractivity contribution in [3.05, 3.63) is 0 Å². The molecule has 1 saturated heterocycles. The maximum atomic E-state index is 2.77. The minimum Gasteiger partial charge on any atom is -0.297 e. The molecule has 2 saturated carbocycles. The van der Waals surface area contributed by atoms with Crippen LogP contribution in [0.3, 0.4) is 0 Å². The Hall–Kier alpha value is -0.0400. The number of hydrogen-bond acceptors (Lipinski definition) is 1. The normalized spacial score (nSPS) is 55.4. The van der Waals surface area contributed by atoms with E-state index in [0.717, 1.165) is 29.7 Å². The van der Waals surface area contributed by atoms with Crippen molar-refractivity contribution in [3.63, 3.8) is 0 Å². The van der Waals surface area contributed by atoms with E-state index in [2.05, 4.69) is 32.7 Å². The average molecular weight is 235 g/mol. The SMILES string of the molecule is CC1CC2CC(C)C3(CCC(C)N3C)C(C1)C2. The van der Waals surface area contributed by atoms with Gasteiger partial charge in [0.05, 0.1) is 0 Å². The summed E-state index contributed by atoms with van der Waals surface area (Å²) in [6, 6.07) is 0.811. The lowest BCUT2D eigenvalue weighted by molar-refractivity contribution is -0.0596. The van der Waals surface area contributed by atoms with Gasteiger partial charge in [0.2, 0.25) is 0 Å². The smallest absolute Gasteiger partial charge is 0.0263 e. The molecule has 0 aromatic carbocycles. The maximum Gasteiger partial charge on any atom is 0.0263 e. The van der Waals surface area contributed by atoms with Crippen LogP contribution < -0.4 is 0 Å². The summed E-state index contributed by atoms with van der Waals surface area (Å²) in [5, 5.41) is 0. The maximum absolute atomic E-state index is 2.77. The van der Waals surface area contributed by atoms with E-state index in [4.69, 9.17) is 0 Å². The highest BCUT2D eigenvalue weighted by Crippen LogP contribution is 2.56. The lowest BCUT2D eigenvalue weighted by Gasteiger charge is -2.57. The Morgan fingerprint density at radius 2 is 1.76 bits per heavy atom. The van der Waals surface area contributed by atoms with Crippen LogP contribution in [-0.2, 0) is 0 Å². The molecule has 0 aromatic rings. The van der Waals surface area contributed by atoms with Crippen molar-refractivity contribution in [2.45, 2.75) is 70.9 Å². The summed E-state index contributed by atoms with van der Waals surface area (Å²) in [6.45, 7) is 7.46. The standard InChI is InChI=1S/C16H29N/c1-11-7-14-9-12(2)16(15(8-11)10-14)6-5-13(3)17(16)4/h11-15H,5-10H2,1-4H3. The molecule has 1 aliphatic heterocycles. The third-order valence-electron chi connectivity index (χ3n) is 6.57. The topological polar surface area (TPSA) is 3.24 Å². The third-order valence-corrected chi connectivity index (χ3v) is 6.57. The Bertz CT molecular complexity index is 296. The van der Waals surface area contributed by atoms with Crippen LogP contribution >= 0.6 is 0 Å². The summed E-state index contributed by atoms with van der Waals surface area (Å²) in [7, 11) is 2.41. The fraction of sp³-hybridized carbons (Fsp3) is 1.00. The zero-order valence-electron chi connectivity index (χ0n) is 12.1. The average Bonchev–Trinajstić information content (AvgIpc) is 2.55. The van der Waals surface area contributed by atoms with Crippen molar-refractivity contribution in [1.82, 2.24) is 4.90 Å². The van der Waals surface area contributed by atoms with Crippen LogP contribution in [0.5, 0.6) is 0 Å². The Morgan fingerprint density at radius 1 is 1.00 bits per heavy atom. The van der Waals surface area contributed by atoms with E-state index in [1.165, 1.54) is 38.5 Å². The number of likely N-dealkylation sites (tertiary alicyclic amines) is 1. The quantitative estimate of drug-likeness (QED) is 0.615. The van der Waals surface area contributed by atoms with Crippen LogP contribution in [0.2, 0.25) is 0 Å². The summed E-state index contributed by atoms with van der Waals surface area (Å²) in [4.78, 5) is 2.77. The molecule has 2 bridgehead atoms. The number of nitrogens with zero attached hydrogens (tertiary/aromatic N) is 1. The second-order valence-electron chi connectivity index (χ2n) is 7.50. The summed E-state index contributed by atoms with van der Waals surface area (Å²) >= 11 is 0. The molecule has 1 heteroatoms.